The molecule has 130 valence electrons. The minimum Gasteiger partial charge on any atom is -0.497 e. The zero-order valence-electron chi connectivity index (χ0n) is 14.1. The van der Waals surface area contributed by atoms with Crippen LogP contribution in [-0.2, 0) is 0 Å². The number of pyridine rings is 1. The predicted octanol–water partition coefficient (Wildman–Crippen LogP) is 2.01. The Morgan fingerprint density at radius 2 is 1.92 bits per heavy atom. The summed E-state index contributed by atoms with van der Waals surface area (Å²) in [5.41, 5.74) is 6.52. The average Bonchev–Trinajstić information content (AvgIpc) is 3.01. The van der Waals surface area contributed by atoms with E-state index in [1.54, 1.807) is 45.7 Å². The molecule has 0 amide bonds. The lowest BCUT2D eigenvalue weighted by Crippen LogP contribution is -2.04. The SMILES string of the molecule is COc1cc(Nc2nc(N)n(-c3ccccn3)n2)c(OC)c(OC)c1. The highest BCUT2D eigenvalue weighted by Gasteiger charge is 2.16. The summed E-state index contributed by atoms with van der Waals surface area (Å²) in [4.78, 5) is 8.42. The van der Waals surface area contributed by atoms with Crippen molar-refractivity contribution in [2.75, 3.05) is 32.4 Å². The second kappa shape index (κ2) is 6.95. The van der Waals surface area contributed by atoms with Crippen LogP contribution in [0.25, 0.3) is 5.82 Å². The van der Waals surface area contributed by atoms with Crippen LogP contribution in [0.1, 0.15) is 0 Å². The Balaban J connectivity index is 1.98. The van der Waals surface area contributed by atoms with Gasteiger partial charge in [-0.25, -0.2) is 4.98 Å². The molecule has 0 saturated carbocycles. The third kappa shape index (κ3) is 3.25. The van der Waals surface area contributed by atoms with Gasteiger partial charge in [0.1, 0.15) is 5.75 Å². The van der Waals surface area contributed by atoms with Crippen LogP contribution >= 0.6 is 0 Å². The Labute approximate surface area is 144 Å². The molecule has 3 N–H and O–H groups in total. The molecule has 25 heavy (non-hydrogen) atoms. The maximum Gasteiger partial charge on any atom is 0.249 e. The predicted molar refractivity (Wildman–Crippen MR) is 92.9 cm³/mol. The average molecular weight is 342 g/mol. The van der Waals surface area contributed by atoms with E-state index >= 15 is 0 Å². The van der Waals surface area contributed by atoms with Crippen LogP contribution < -0.4 is 25.3 Å². The maximum atomic E-state index is 5.94. The highest BCUT2D eigenvalue weighted by molar-refractivity contribution is 5.70. The largest absolute Gasteiger partial charge is 0.497 e. The number of rotatable bonds is 6. The minimum atomic E-state index is 0.204. The lowest BCUT2D eigenvalue weighted by Gasteiger charge is -2.14. The fourth-order valence-corrected chi connectivity index (χ4v) is 2.30. The van der Waals surface area contributed by atoms with Gasteiger partial charge in [0.15, 0.2) is 17.3 Å². The maximum absolute atomic E-state index is 5.94. The zero-order chi connectivity index (χ0) is 17.8. The smallest absolute Gasteiger partial charge is 0.249 e. The number of hydrogen-bond donors (Lipinski definition) is 2. The third-order valence-corrected chi connectivity index (χ3v) is 3.43. The monoisotopic (exact) mass is 342 g/mol. The number of nitrogens with two attached hydrogens (primary N) is 1. The molecule has 0 atom stereocenters. The van der Waals surface area contributed by atoms with E-state index in [2.05, 4.69) is 20.4 Å². The lowest BCUT2D eigenvalue weighted by molar-refractivity contribution is 0.350. The van der Waals surface area contributed by atoms with Gasteiger partial charge in [0, 0.05) is 18.3 Å². The van der Waals surface area contributed by atoms with Gasteiger partial charge in [-0.05, 0) is 12.1 Å². The molecule has 0 saturated heterocycles. The van der Waals surface area contributed by atoms with E-state index in [-0.39, 0.29) is 11.9 Å². The van der Waals surface area contributed by atoms with Gasteiger partial charge in [0.2, 0.25) is 11.9 Å². The molecule has 0 aliphatic carbocycles. The number of nitrogen functional groups attached to an aromatic ring is 1. The molecule has 2 heterocycles. The molecule has 0 unspecified atom stereocenters. The molecule has 0 fully saturated rings. The molecule has 0 aliphatic heterocycles. The normalized spacial score (nSPS) is 10.4. The summed E-state index contributed by atoms with van der Waals surface area (Å²) in [6, 6.07) is 8.90. The molecule has 2 aromatic heterocycles. The summed E-state index contributed by atoms with van der Waals surface area (Å²) in [7, 11) is 4.66. The van der Waals surface area contributed by atoms with E-state index in [1.807, 2.05) is 12.1 Å². The van der Waals surface area contributed by atoms with Crippen LogP contribution in [0.2, 0.25) is 0 Å². The molecule has 0 aliphatic rings. The number of nitrogens with zero attached hydrogens (tertiary/aromatic N) is 4. The summed E-state index contributed by atoms with van der Waals surface area (Å²) < 4.78 is 17.5. The number of nitrogens with one attached hydrogen (secondary N) is 1. The van der Waals surface area contributed by atoms with Crippen molar-refractivity contribution >= 4 is 17.6 Å². The first-order chi connectivity index (χ1) is 12.2. The van der Waals surface area contributed by atoms with Crippen molar-refractivity contribution in [1.29, 1.82) is 0 Å². The fraction of sp³-hybridized carbons (Fsp3) is 0.188. The van der Waals surface area contributed by atoms with Crippen LogP contribution in [0.5, 0.6) is 17.2 Å². The quantitative estimate of drug-likeness (QED) is 0.700. The second-order valence-corrected chi connectivity index (χ2v) is 4.93. The van der Waals surface area contributed by atoms with Gasteiger partial charge >= 0.3 is 0 Å². The van der Waals surface area contributed by atoms with Crippen molar-refractivity contribution in [3.63, 3.8) is 0 Å². The number of ether oxygens (including phenoxy) is 3. The van der Waals surface area contributed by atoms with Gasteiger partial charge in [-0.15, -0.1) is 5.10 Å². The van der Waals surface area contributed by atoms with E-state index in [9.17, 15) is 0 Å². The number of hydrogen-bond acceptors (Lipinski definition) is 8. The van der Waals surface area contributed by atoms with E-state index < -0.39 is 0 Å². The first-order valence-corrected chi connectivity index (χ1v) is 7.37. The molecule has 0 radical (unpaired) electrons. The molecule has 9 heteroatoms. The summed E-state index contributed by atoms with van der Waals surface area (Å²) in [5, 5.41) is 7.40. The number of benzene rings is 1. The Kier molecular flexibility index (Phi) is 4.55. The van der Waals surface area contributed by atoms with Crippen molar-refractivity contribution in [2.24, 2.45) is 0 Å². The van der Waals surface area contributed by atoms with Gasteiger partial charge in [-0.2, -0.15) is 9.67 Å². The Morgan fingerprint density at radius 1 is 1.08 bits per heavy atom. The van der Waals surface area contributed by atoms with Crippen LogP contribution in [0.4, 0.5) is 17.6 Å². The second-order valence-electron chi connectivity index (χ2n) is 4.93. The van der Waals surface area contributed by atoms with Crippen molar-refractivity contribution < 1.29 is 14.2 Å². The van der Waals surface area contributed by atoms with Gasteiger partial charge in [-0.3, -0.25) is 0 Å². The summed E-state index contributed by atoms with van der Waals surface area (Å²) in [6.45, 7) is 0. The molecule has 3 aromatic rings. The van der Waals surface area contributed by atoms with Crippen LogP contribution in [0, 0.1) is 0 Å². The van der Waals surface area contributed by atoms with Gasteiger partial charge < -0.3 is 25.3 Å². The number of aromatic nitrogens is 4. The fourth-order valence-electron chi connectivity index (χ4n) is 2.30. The summed E-state index contributed by atoms with van der Waals surface area (Å²) >= 11 is 0. The molecule has 1 aromatic carbocycles. The van der Waals surface area contributed by atoms with Crippen LogP contribution in [-0.4, -0.2) is 41.1 Å². The molecule has 0 bridgehead atoms. The van der Waals surface area contributed by atoms with Gasteiger partial charge in [0.25, 0.3) is 0 Å². The lowest BCUT2D eigenvalue weighted by atomic mass is 10.2. The van der Waals surface area contributed by atoms with Gasteiger partial charge in [0.05, 0.1) is 27.0 Å². The van der Waals surface area contributed by atoms with Crippen molar-refractivity contribution in [1.82, 2.24) is 19.7 Å². The minimum absolute atomic E-state index is 0.204. The zero-order valence-corrected chi connectivity index (χ0v) is 14.1. The number of anilines is 3. The van der Waals surface area contributed by atoms with E-state index in [0.29, 0.717) is 28.8 Å². The molecule has 3 rings (SSSR count). The van der Waals surface area contributed by atoms with Crippen molar-refractivity contribution in [3.05, 3.63) is 36.5 Å². The topological polar surface area (TPSA) is 109 Å². The highest BCUT2D eigenvalue weighted by Crippen LogP contribution is 2.40. The molecule has 0 spiro atoms. The Hall–Kier alpha value is -3.49. The highest BCUT2D eigenvalue weighted by atomic mass is 16.5. The summed E-state index contributed by atoms with van der Waals surface area (Å²) in [5.74, 6) is 2.66. The van der Waals surface area contributed by atoms with E-state index in [1.165, 1.54) is 4.68 Å². The summed E-state index contributed by atoms with van der Waals surface area (Å²) in [6.07, 6.45) is 1.65. The molecular formula is C16H18N6O3. The van der Waals surface area contributed by atoms with E-state index in [4.69, 9.17) is 19.9 Å². The Morgan fingerprint density at radius 3 is 2.56 bits per heavy atom. The van der Waals surface area contributed by atoms with Crippen LogP contribution in [0.15, 0.2) is 36.5 Å². The third-order valence-electron chi connectivity index (χ3n) is 3.43. The van der Waals surface area contributed by atoms with Crippen LogP contribution in [0.3, 0.4) is 0 Å². The number of methoxy groups -OCH3 is 3. The first-order valence-electron chi connectivity index (χ1n) is 7.37. The van der Waals surface area contributed by atoms with E-state index in [0.717, 1.165) is 0 Å². The standard InChI is InChI=1S/C16H18N6O3/c1-23-10-8-11(14(25-3)12(9-10)24-2)19-16-20-15(17)22(21-16)13-6-4-5-7-18-13/h4-9H,1-3H3,(H3,17,19,20,21). The Bertz CT molecular complexity index is 866. The first kappa shape index (κ1) is 16.4. The van der Waals surface area contributed by atoms with Crippen molar-refractivity contribution in [2.45, 2.75) is 0 Å². The van der Waals surface area contributed by atoms with Crippen molar-refractivity contribution in [3.8, 4) is 23.1 Å². The van der Waals surface area contributed by atoms with Gasteiger partial charge in [-0.1, -0.05) is 6.07 Å². The molecular weight excluding hydrogens is 324 g/mol. The molecule has 9 nitrogen and oxygen atoms in total.